The minimum Gasteiger partial charge on any atom is -0.467 e. The summed E-state index contributed by atoms with van der Waals surface area (Å²) >= 11 is 0. The zero-order valence-corrected chi connectivity index (χ0v) is 9.90. The molecule has 0 aliphatic carbocycles. The highest BCUT2D eigenvalue weighted by Crippen LogP contribution is 2.26. The summed E-state index contributed by atoms with van der Waals surface area (Å²) in [7, 11) is 0. The largest absolute Gasteiger partial charge is 0.467 e. The molecule has 0 amide bonds. The first-order valence-corrected chi connectivity index (χ1v) is 5.58. The number of nitrogens with zero attached hydrogens (tertiary/aromatic N) is 1. The Balaban J connectivity index is 2.28. The van der Waals surface area contributed by atoms with Gasteiger partial charge in [-0.05, 0) is 12.1 Å². The molecule has 0 saturated carbocycles. The fraction of sp³-hybridized carbons (Fsp3) is 0.308. The van der Waals surface area contributed by atoms with Crippen LogP contribution in [0.2, 0.25) is 0 Å². The van der Waals surface area contributed by atoms with Gasteiger partial charge in [0, 0.05) is 23.4 Å². The molecule has 2 heterocycles. The van der Waals surface area contributed by atoms with Crippen LogP contribution >= 0.6 is 0 Å². The van der Waals surface area contributed by atoms with E-state index in [1.165, 1.54) is 6.20 Å². The summed E-state index contributed by atoms with van der Waals surface area (Å²) in [5.74, 6) is 0.406. The van der Waals surface area contributed by atoms with E-state index in [1.807, 2.05) is 0 Å². The van der Waals surface area contributed by atoms with Crippen LogP contribution in [0.4, 0.5) is 4.39 Å². The van der Waals surface area contributed by atoms with E-state index < -0.39 is 0 Å². The SMILES string of the molecule is CC(C)NCc1occc1-c1ccncc1F. The third-order valence-electron chi connectivity index (χ3n) is 2.48. The van der Waals surface area contributed by atoms with Gasteiger partial charge in [0.1, 0.15) is 11.6 Å². The van der Waals surface area contributed by atoms with E-state index in [9.17, 15) is 4.39 Å². The molecule has 0 fully saturated rings. The summed E-state index contributed by atoms with van der Waals surface area (Å²) in [6.45, 7) is 4.69. The van der Waals surface area contributed by atoms with Crippen molar-refractivity contribution in [3.8, 4) is 11.1 Å². The van der Waals surface area contributed by atoms with E-state index >= 15 is 0 Å². The fourth-order valence-electron chi connectivity index (χ4n) is 1.61. The molecule has 0 unspecified atom stereocenters. The van der Waals surface area contributed by atoms with Gasteiger partial charge in [-0.15, -0.1) is 0 Å². The Kier molecular flexibility index (Phi) is 3.54. The lowest BCUT2D eigenvalue weighted by Crippen LogP contribution is -2.21. The third kappa shape index (κ3) is 2.71. The number of furan rings is 1. The molecule has 2 rings (SSSR count). The standard InChI is InChI=1S/C13H15FN2O/c1-9(2)16-8-13-11(4-6-17-13)10-3-5-15-7-12(10)14/h3-7,9,16H,8H2,1-2H3. The lowest BCUT2D eigenvalue weighted by molar-refractivity contribution is 0.466. The maximum atomic E-state index is 13.6. The van der Waals surface area contributed by atoms with Gasteiger partial charge in [0.2, 0.25) is 0 Å². The predicted octanol–water partition coefficient (Wildman–Crippen LogP) is 2.98. The van der Waals surface area contributed by atoms with Gasteiger partial charge in [-0.2, -0.15) is 0 Å². The summed E-state index contributed by atoms with van der Waals surface area (Å²) in [6, 6.07) is 3.78. The minimum absolute atomic E-state index is 0.334. The molecule has 90 valence electrons. The van der Waals surface area contributed by atoms with Crippen molar-refractivity contribution in [2.75, 3.05) is 0 Å². The number of nitrogens with one attached hydrogen (secondary N) is 1. The van der Waals surface area contributed by atoms with Crippen molar-refractivity contribution in [2.24, 2.45) is 0 Å². The first kappa shape index (κ1) is 11.8. The highest BCUT2D eigenvalue weighted by atomic mass is 19.1. The first-order chi connectivity index (χ1) is 8.18. The van der Waals surface area contributed by atoms with Crippen LogP contribution in [0.1, 0.15) is 19.6 Å². The zero-order valence-electron chi connectivity index (χ0n) is 9.90. The molecule has 4 heteroatoms. The van der Waals surface area contributed by atoms with Gasteiger partial charge in [0.05, 0.1) is 19.0 Å². The van der Waals surface area contributed by atoms with Crippen molar-refractivity contribution in [3.63, 3.8) is 0 Å². The summed E-state index contributed by atoms with van der Waals surface area (Å²) < 4.78 is 19.0. The predicted molar refractivity (Wildman–Crippen MR) is 63.9 cm³/mol. The van der Waals surface area contributed by atoms with E-state index in [-0.39, 0.29) is 5.82 Å². The molecule has 0 spiro atoms. The van der Waals surface area contributed by atoms with E-state index in [2.05, 4.69) is 24.1 Å². The summed E-state index contributed by atoms with van der Waals surface area (Å²) in [5.41, 5.74) is 1.30. The van der Waals surface area contributed by atoms with E-state index in [0.717, 1.165) is 11.3 Å². The van der Waals surface area contributed by atoms with Crippen molar-refractivity contribution in [1.29, 1.82) is 0 Å². The maximum Gasteiger partial charge on any atom is 0.149 e. The van der Waals surface area contributed by atoms with Gasteiger partial charge >= 0.3 is 0 Å². The van der Waals surface area contributed by atoms with Gasteiger partial charge in [-0.3, -0.25) is 4.98 Å². The molecule has 0 aliphatic rings. The van der Waals surface area contributed by atoms with Crippen LogP contribution in [-0.4, -0.2) is 11.0 Å². The molecule has 0 bridgehead atoms. The molecule has 2 aromatic rings. The molecule has 17 heavy (non-hydrogen) atoms. The molecule has 0 aromatic carbocycles. The van der Waals surface area contributed by atoms with Gasteiger partial charge in [0.15, 0.2) is 0 Å². The molecule has 2 aromatic heterocycles. The van der Waals surface area contributed by atoms with Crippen molar-refractivity contribution < 1.29 is 8.81 Å². The Hall–Kier alpha value is -1.68. The Morgan fingerprint density at radius 1 is 1.35 bits per heavy atom. The second-order valence-electron chi connectivity index (χ2n) is 4.15. The summed E-state index contributed by atoms with van der Waals surface area (Å²) in [5, 5.41) is 3.25. The summed E-state index contributed by atoms with van der Waals surface area (Å²) in [6.07, 6.45) is 4.36. The number of pyridine rings is 1. The molecular formula is C13H15FN2O. The van der Waals surface area contributed by atoms with Gasteiger partial charge in [0.25, 0.3) is 0 Å². The Morgan fingerprint density at radius 3 is 2.88 bits per heavy atom. The second kappa shape index (κ2) is 5.10. The van der Waals surface area contributed by atoms with E-state index in [1.54, 1.807) is 24.6 Å². The molecule has 0 saturated heterocycles. The Labute approximate surface area is 99.7 Å². The molecule has 1 N–H and O–H groups in total. The molecular weight excluding hydrogens is 219 g/mol. The van der Waals surface area contributed by atoms with E-state index in [4.69, 9.17) is 4.42 Å². The maximum absolute atomic E-state index is 13.6. The number of aromatic nitrogens is 1. The topological polar surface area (TPSA) is 38.1 Å². The number of hydrogen-bond acceptors (Lipinski definition) is 3. The molecule has 0 atom stereocenters. The van der Waals surface area contributed by atoms with Crippen LogP contribution in [0.5, 0.6) is 0 Å². The zero-order chi connectivity index (χ0) is 12.3. The van der Waals surface area contributed by atoms with Crippen molar-refractivity contribution in [1.82, 2.24) is 10.3 Å². The third-order valence-corrected chi connectivity index (χ3v) is 2.48. The molecule has 0 radical (unpaired) electrons. The van der Waals surface area contributed by atoms with Crippen LogP contribution in [0.3, 0.4) is 0 Å². The lowest BCUT2D eigenvalue weighted by Gasteiger charge is -2.08. The number of hydrogen-bond donors (Lipinski definition) is 1. The van der Waals surface area contributed by atoms with Crippen molar-refractivity contribution in [2.45, 2.75) is 26.4 Å². The molecule has 0 aliphatic heterocycles. The van der Waals surface area contributed by atoms with Crippen molar-refractivity contribution >= 4 is 0 Å². The van der Waals surface area contributed by atoms with Gasteiger partial charge in [-0.1, -0.05) is 13.8 Å². The van der Waals surface area contributed by atoms with Gasteiger partial charge in [-0.25, -0.2) is 4.39 Å². The minimum atomic E-state index is -0.334. The highest BCUT2D eigenvalue weighted by molar-refractivity contribution is 5.65. The number of halogens is 1. The molecule has 3 nitrogen and oxygen atoms in total. The Morgan fingerprint density at radius 2 is 2.18 bits per heavy atom. The van der Waals surface area contributed by atoms with Crippen LogP contribution < -0.4 is 5.32 Å². The normalized spacial score (nSPS) is 11.1. The quantitative estimate of drug-likeness (QED) is 0.883. The summed E-state index contributed by atoms with van der Waals surface area (Å²) in [4.78, 5) is 3.74. The second-order valence-corrected chi connectivity index (χ2v) is 4.15. The average molecular weight is 234 g/mol. The van der Waals surface area contributed by atoms with Crippen LogP contribution in [-0.2, 0) is 6.54 Å². The smallest absolute Gasteiger partial charge is 0.149 e. The first-order valence-electron chi connectivity index (χ1n) is 5.58. The van der Waals surface area contributed by atoms with Gasteiger partial charge < -0.3 is 9.73 Å². The van der Waals surface area contributed by atoms with Crippen LogP contribution in [0.25, 0.3) is 11.1 Å². The Bertz CT molecular complexity index is 494. The highest BCUT2D eigenvalue weighted by Gasteiger charge is 2.12. The monoisotopic (exact) mass is 234 g/mol. The van der Waals surface area contributed by atoms with E-state index in [0.29, 0.717) is 18.2 Å². The van der Waals surface area contributed by atoms with Crippen LogP contribution in [0, 0.1) is 5.82 Å². The number of rotatable bonds is 4. The fourth-order valence-corrected chi connectivity index (χ4v) is 1.61. The lowest BCUT2D eigenvalue weighted by atomic mass is 10.1. The van der Waals surface area contributed by atoms with Crippen LogP contribution in [0.15, 0.2) is 35.2 Å². The average Bonchev–Trinajstić information content (AvgIpc) is 2.75. The van der Waals surface area contributed by atoms with Crippen molar-refractivity contribution in [3.05, 3.63) is 42.4 Å².